The first-order chi connectivity index (χ1) is 11.2. The molecule has 0 aromatic heterocycles. The molecule has 0 unspecified atom stereocenters. The van der Waals surface area contributed by atoms with E-state index in [0.717, 1.165) is 23.4 Å². The van der Waals surface area contributed by atoms with Crippen molar-refractivity contribution in [3.8, 4) is 5.75 Å². The zero-order valence-electron chi connectivity index (χ0n) is 13.3. The van der Waals surface area contributed by atoms with Crippen LogP contribution in [0, 0.1) is 5.92 Å². The lowest BCUT2D eigenvalue weighted by Crippen LogP contribution is -2.21. The van der Waals surface area contributed by atoms with E-state index in [1.807, 2.05) is 49.4 Å². The van der Waals surface area contributed by atoms with Gasteiger partial charge in [0.15, 0.2) is 0 Å². The largest absolute Gasteiger partial charge is 0.497 e. The minimum atomic E-state index is -0.00767. The van der Waals surface area contributed by atoms with E-state index in [-0.39, 0.29) is 11.8 Å². The Morgan fingerprint density at radius 1 is 1.13 bits per heavy atom. The molecule has 3 rings (SSSR count). The van der Waals surface area contributed by atoms with Crippen LogP contribution in [-0.4, -0.2) is 18.7 Å². The first kappa shape index (κ1) is 15.3. The van der Waals surface area contributed by atoms with Crippen LogP contribution in [-0.2, 0) is 4.79 Å². The normalized spacial score (nSPS) is 20.0. The summed E-state index contributed by atoms with van der Waals surface area (Å²) in [4.78, 5) is 12.2. The van der Waals surface area contributed by atoms with Crippen LogP contribution >= 0.6 is 0 Å². The predicted octanol–water partition coefficient (Wildman–Crippen LogP) is 3.34. The first-order valence-electron chi connectivity index (χ1n) is 7.72. The number of benzene rings is 2. The Balaban J connectivity index is 1.58. The molecule has 2 aromatic carbocycles. The fourth-order valence-electron chi connectivity index (χ4n) is 2.67. The molecule has 2 atom stereocenters. The number of rotatable bonds is 5. The number of hydrogen-bond donors (Lipinski definition) is 1. The Kier molecular flexibility index (Phi) is 4.42. The number of nitrogens with one attached hydrogen (secondary N) is 1. The second kappa shape index (κ2) is 6.65. The number of carbonyl (C=O) groups is 1. The molecule has 2 aromatic rings. The topological polar surface area (TPSA) is 50.7 Å². The fraction of sp³-hybridized carbons (Fsp3) is 0.263. The second-order valence-electron chi connectivity index (χ2n) is 5.76. The van der Waals surface area contributed by atoms with Gasteiger partial charge in [0.05, 0.1) is 12.8 Å². The quantitative estimate of drug-likeness (QED) is 0.680. The molecule has 0 aliphatic heterocycles. The standard InChI is InChI=1S/C19H20N2O2/c1-13(14-8-10-16(23-2)11-9-14)20-21-19(22)18-12-17(18)15-6-4-3-5-7-15/h3-11,17-18H,12H2,1-2H3,(H,21,22)/b20-13+/t17-,18+/m0/s1. The van der Waals surface area contributed by atoms with Crippen molar-refractivity contribution in [3.05, 3.63) is 65.7 Å². The Morgan fingerprint density at radius 2 is 1.83 bits per heavy atom. The smallest absolute Gasteiger partial charge is 0.243 e. The van der Waals surface area contributed by atoms with E-state index < -0.39 is 0 Å². The zero-order chi connectivity index (χ0) is 16.2. The Bertz CT molecular complexity index is 708. The number of hydrogen-bond acceptors (Lipinski definition) is 3. The first-order valence-corrected chi connectivity index (χ1v) is 7.72. The van der Waals surface area contributed by atoms with Crippen molar-refractivity contribution in [2.45, 2.75) is 19.3 Å². The van der Waals surface area contributed by atoms with Crippen LogP contribution in [0.2, 0.25) is 0 Å². The SMILES string of the molecule is COc1ccc(/C(C)=N/NC(=O)[C@@H]2C[C@H]2c2ccccc2)cc1. The maximum absolute atomic E-state index is 12.2. The van der Waals surface area contributed by atoms with Crippen LogP contribution in [0.15, 0.2) is 59.7 Å². The van der Waals surface area contributed by atoms with Crippen molar-refractivity contribution in [3.63, 3.8) is 0 Å². The van der Waals surface area contributed by atoms with E-state index >= 15 is 0 Å². The average Bonchev–Trinajstić information content (AvgIpc) is 3.41. The molecule has 1 aliphatic carbocycles. The van der Waals surface area contributed by atoms with Gasteiger partial charge < -0.3 is 4.74 Å². The second-order valence-corrected chi connectivity index (χ2v) is 5.76. The molecule has 0 spiro atoms. The molecule has 4 heteroatoms. The van der Waals surface area contributed by atoms with Crippen LogP contribution in [0.25, 0.3) is 0 Å². The molecule has 1 aliphatic rings. The van der Waals surface area contributed by atoms with Crippen LogP contribution < -0.4 is 10.2 Å². The van der Waals surface area contributed by atoms with Gasteiger partial charge in [0.25, 0.3) is 0 Å². The van der Waals surface area contributed by atoms with E-state index in [1.54, 1.807) is 7.11 Å². The Morgan fingerprint density at radius 3 is 2.48 bits per heavy atom. The number of amides is 1. The van der Waals surface area contributed by atoms with Gasteiger partial charge in [-0.1, -0.05) is 30.3 Å². The molecule has 4 nitrogen and oxygen atoms in total. The lowest BCUT2D eigenvalue weighted by Gasteiger charge is -2.04. The van der Waals surface area contributed by atoms with E-state index in [9.17, 15) is 4.79 Å². The molecule has 1 amide bonds. The molecule has 0 radical (unpaired) electrons. The van der Waals surface area contributed by atoms with Gasteiger partial charge in [-0.25, -0.2) is 5.43 Å². The summed E-state index contributed by atoms with van der Waals surface area (Å²) in [5.41, 5.74) is 5.65. The van der Waals surface area contributed by atoms with Gasteiger partial charge in [-0.2, -0.15) is 5.10 Å². The Hall–Kier alpha value is -2.62. The van der Waals surface area contributed by atoms with E-state index in [4.69, 9.17) is 4.74 Å². The number of ether oxygens (including phenoxy) is 1. The summed E-state index contributed by atoms with van der Waals surface area (Å²) in [6.45, 7) is 1.88. The summed E-state index contributed by atoms with van der Waals surface area (Å²) in [5.74, 6) is 1.15. The third-order valence-corrected chi connectivity index (χ3v) is 4.20. The van der Waals surface area contributed by atoms with Crippen LogP contribution in [0.5, 0.6) is 5.75 Å². The summed E-state index contributed by atoms with van der Waals surface area (Å²) >= 11 is 0. The van der Waals surface area contributed by atoms with E-state index in [1.165, 1.54) is 5.56 Å². The van der Waals surface area contributed by atoms with Gasteiger partial charge in [-0.3, -0.25) is 4.79 Å². The predicted molar refractivity (Wildman–Crippen MR) is 90.6 cm³/mol. The molecular formula is C19H20N2O2. The fourth-order valence-corrected chi connectivity index (χ4v) is 2.67. The molecule has 1 N–H and O–H groups in total. The van der Waals surface area contributed by atoms with Gasteiger partial charge >= 0.3 is 0 Å². The van der Waals surface area contributed by atoms with E-state index in [0.29, 0.717) is 5.92 Å². The molecular weight excluding hydrogens is 288 g/mol. The third-order valence-electron chi connectivity index (χ3n) is 4.20. The molecule has 23 heavy (non-hydrogen) atoms. The molecule has 0 heterocycles. The van der Waals surface area contributed by atoms with Crippen LogP contribution in [0.4, 0.5) is 0 Å². The van der Waals surface area contributed by atoms with Crippen molar-refractivity contribution in [2.24, 2.45) is 11.0 Å². The van der Waals surface area contributed by atoms with Crippen molar-refractivity contribution in [2.75, 3.05) is 7.11 Å². The maximum Gasteiger partial charge on any atom is 0.243 e. The highest BCUT2D eigenvalue weighted by molar-refractivity contribution is 5.99. The van der Waals surface area contributed by atoms with Gasteiger partial charge in [0.2, 0.25) is 5.91 Å². The zero-order valence-corrected chi connectivity index (χ0v) is 13.3. The van der Waals surface area contributed by atoms with Gasteiger partial charge in [0, 0.05) is 5.92 Å². The summed E-state index contributed by atoms with van der Waals surface area (Å²) in [6, 6.07) is 17.8. The average molecular weight is 308 g/mol. The van der Waals surface area contributed by atoms with Crippen molar-refractivity contribution >= 4 is 11.6 Å². The van der Waals surface area contributed by atoms with Crippen molar-refractivity contribution in [1.82, 2.24) is 5.43 Å². The summed E-state index contributed by atoms with van der Waals surface area (Å²) < 4.78 is 5.13. The summed E-state index contributed by atoms with van der Waals surface area (Å²) in [6.07, 6.45) is 0.896. The highest BCUT2D eigenvalue weighted by Crippen LogP contribution is 2.47. The van der Waals surface area contributed by atoms with Crippen LogP contribution in [0.1, 0.15) is 30.4 Å². The minimum absolute atomic E-state index is 0.00767. The molecule has 118 valence electrons. The van der Waals surface area contributed by atoms with Gasteiger partial charge in [-0.05, 0) is 54.7 Å². The third kappa shape index (κ3) is 3.59. The lowest BCUT2D eigenvalue weighted by molar-refractivity contribution is -0.122. The highest BCUT2D eigenvalue weighted by Gasteiger charge is 2.43. The molecule has 1 fully saturated rings. The Labute approximate surface area is 136 Å². The maximum atomic E-state index is 12.2. The summed E-state index contributed by atoms with van der Waals surface area (Å²) in [7, 11) is 1.63. The molecule has 0 bridgehead atoms. The van der Waals surface area contributed by atoms with Crippen LogP contribution in [0.3, 0.4) is 0 Å². The van der Waals surface area contributed by atoms with E-state index in [2.05, 4.69) is 22.7 Å². The van der Waals surface area contributed by atoms with Crippen molar-refractivity contribution in [1.29, 1.82) is 0 Å². The van der Waals surface area contributed by atoms with Gasteiger partial charge in [0.1, 0.15) is 5.75 Å². The highest BCUT2D eigenvalue weighted by atomic mass is 16.5. The monoisotopic (exact) mass is 308 g/mol. The molecule has 0 saturated heterocycles. The van der Waals surface area contributed by atoms with Crippen molar-refractivity contribution < 1.29 is 9.53 Å². The number of methoxy groups -OCH3 is 1. The molecule has 1 saturated carbocycles. The van der Waals surface area contributed by atoms with Gasteiger partial charge in [-0.15, -0.1) is 0 Å². The lowest BCUT2D eigenvalue weighted by atomic mass is 10.1. The minimum Gasteiger partial charge on any atom is -0.497 e. The summed E-state index contributed by atoms with van der Waals surface area (Å²) in [5, 5.41) is 4.22. The number of nitrogens with zero attached hydrogens (tertiary/aromatic N) is 1. The number of carbonyl (C=O) groups excluding carboxylic acids is 1. The number of hydrazone groups is 1.